The van der Waals surface area contributed by atoms with Crippen LogP contribution < -0.4 is 19.1 Å². The standard InChI is InChI=1S/C27H37N3O6S/c1-5-23(27(32)28-21-13-9-10-14-21)29(18-20-11-7-6-8-12-20)26(31)19-30(37(4,33)34)22-15-16-24(35-2)25(17-22)36-3/h6-8,11-12,15-17,21,23H,5,9-10,13-14,18-19H2,1-4H3,(H,28,32)/t23-/m0/s1. The molecule has 1 aliphatic carbocycles. The van der Waals surface area contributed by atoms with E-state index in [9.17, 15) is 18.0 Å². The Hall–Kier alpha value is -3.27. The van der Waals surface area contributed by atoms with Gasteiger partial charge in [0.2, 0.25) is 21.8 Å². The lowest BCUT2D eigenvalue weighted by Gasteiger charge is -2.33. The minimum atomic E-state index is -3.85. The highest BCUT2D eigenvalue weighted by Gasteiger charge is 2.33. The fraction of sp³-hybridized carbons (Fsp3) is 0.481. The van der Waals surface area contributed by atoms with Crippen LogP contribution in [0.1, 0.15) is 44.6 Å². The number of rotatable bonds is 12. The Morgan fingerprint density at radius 1 is 1.03 bits per heavy atom. The number of carbonyl (C=O) groups is 2. The van der Waals surface area contributed by atoms with E-state index in [0.29, 0.717) is 17.9 Å². The number of methoxy groups -OCH3 is 2. The van der Waals surface area contributed by atoms with Crippen molar-refractivity contribution in [2.24, 2.45) is 0 Å². The van der Waals surface area contributed by atoms with E-state index < -0.39 is 28.5 Å². The number of carbonyl (C=O) groups excluding carboxylic acids is 2. The molecule has 202 valence electrons. The molecular weight excluding hydrogens is 494 g/mol. The summed E-state index contributed by atoms with van der Waals surface area (Å²) < 4.78 is 37.2. The Labute approximate surface area is 219 Å². The number of benzene rings is 2. The largest absolute Gasteiger partial charge is 0.493 e. The summed E-state index contributed by atoms with van der Waals surface area (Å²) in [5.74, 6) is 0.0872. The van der Waals surface area contributed by atoms with Crippen molar-refractivity contribution >= 4 is 27.5 Å². The van der Waals surface area contributed by atoms with E-state index in [-0.39, 0.29) is 24.2 Å². The summed E-state index contributed by atoms with van der Waals surface area (Å²) >= 11 is 0. The number of hydrogen-bond donors (Lipinski definition) is 1. The maximum Gasteiger partial charge on any atom is 0.244 e. The van der Waals surface area contributed by atoms with Crippen LogP contribution in [0.5, 0.6) is 11.5 Å². The summed E-state index contributed by atoms with van der Waals surface area (Å²) in [4.78, 5) is 28.6. The number of ether oxygens (including phenoxy) is 2. The number of hydrogen-bond acceptors (Lipinski definition) is 6. The van der Waals surface area contributed by atoms with Crippen molar-refractivity contribution in [2.75, 3.05) is 31.3 Å². The van der Waals surface area contributed by atoms with Crippen molar-refractivity contribution in [3.8, 4) is 11.5 Å². The smallest absolute Gasteiger partial charge is 0.244 e. The van der Waals surface area contributed by atoms with Crippen LogP contribution in [-0.4, -0.2) is 64.2 Å². The molecule has 1 N–H and O–H groups in total. The first kappa shape index (κ1) is 28.3. The third-order valence-corrected chi connectivity index (χ3v) is 7.76. The number of amides is 2. The second-order valence-corrected chi connectivity index (χ2v) is 11.1. The molecule has 0 aliphatic heterocycles. The van der Waals surface area contributed by atoms with Gasteiger partial charge in [-0.1, -0.05) is 50.1 Å². The molecule has 9 nitrogen and oxygen atoms in total. The van der Waals surface area contributed by atoms with Gasteiger partial charge < -0.3 is 19.7 Å². The normalized spacial score (nSPS) is 14.6. The summed E-state index contributed by atoms with van der Waals surface area (Å²) in [7, 11) is -0.910. The van der Waals surface area contributed by atoms with Crippen LogP contribution >= 0.6 is 0 Å². The average Bonchev–Trinajstić information content (AvgIpc) is 3.39. The molecule has 0 aromatic heterocycles. The average molecular weight is 532 g/mol. The molecule has 3 rings (SSSR count). The van der Waals surface area contributed by atoms with Gasteiger partial charge in [0.15, 0.2) is 11.5 Å². The van der Waals surface area contributed by atoms with Crippen molar-refractivity contribution in [1.29, 1.82) is 0 Å². The first-order valence-corrected chi connectivity index (χ1v) is 14.4. The highest BCUT2D eigenvalue weighted by Crippen LogP contribution is 2.32. The van der Waals surface area contributed by atoms with E-state index in [1.807, 2.05) is 37.3 Å². The summed E-state index contributed by atoms with van der Waals surface area (Å²) in [6.07, 6.45) is 5.44. The van der Waals surface area contributed by atoms with Gasteiger partial charge in [0.25, 0.3) is 0 Å². The van der Waals surface area contributed by atoms with Crippen molar-refractivity contribution in [3.63, 3.8) is 0 Å². The molecule has 0 radical (unpaired) electrons. The molecule has 10 heteroatoms. The fourth-order valence-corrected chi connectivity index (χ4v) is 5.50. The Morgan fingerprint density at radius 2 is 1.68 bits per heavy atom. The molecule has 0 spiro atoms. The molecule has 37 heavy (non-hydrogen) atoms. The highest BCUT2D eigenvalue weighted by atomic mass is 32.2. The van der Waals surface area contributed by atoms with Crippen LogP contribution in [0, 0.1) is 0 Å². The molecule has 0 bridgehead atoms. The molecule has 2 amide bonds. The van der Waals surface area contributed by atoms with E-state index >= 15 is 0 Å². The third-order valence-electron chi connectivity index (χ3n) is 6.62. The lowest BCUT2D eigenvalue weighted by atomic mass is 10.1. The second-order valence-electron chi connectivity index (χ2n) is 9.23. The van der Waals surface area contributed by atoms with E-state index in [2.05, 4.69) is 5.32 Å². The first-order chi connectivity index (χ1) is 17.7. The molecule has 1 saturated carbocycles. The summed E-state index contributed by atoms with van der Waals surface area (Å²) in [6, 6.07) is 13.4. The lowest BCUT2D eigenvalue weighted by Crippen LogP contribution is -2.53. The van der Waals surface area contributed by atoms with Crippen LogP contribution in [-0.2, 0) is 26.2 Å². The van der Waals surface area contributed by atoms with Crippen LogP contribution in [0.25, 0.3) is 0 Å². The zero-order valence-electron chi connectivity index (χ0n) is 22.0. The zero-order valence-corrected chi connectivity index (χ0v) is 22.8. The maximum absolute atomic E-state index is 13.8. The Kier molecular flexibility index (Phi) is 9.79. The van der Waals surface area contributed by atoms with Gasteiger partial charge in [-0.3, -0.25) is 13.9 Å². The number of anilines is 1. The molecule has 1 atom stereocenters. The van der Waals surface area contributed by atoms with Crippen molar-refractivity contribution in [1.82, 2.24) is 10.2 Å². The predicted molar refractivity (Wildman–Crippen MR) is 143 cm³/mol. The van der Waals surface area contributed by atoms with Gasteiger partial charge in [-0.15, -0.1) is 0 Å². The molecule has 1 aliphatic rings. The second kappa shape index (κ2) is 12.8. The Balaban J connectivity index is 1.93. The van der Waals surface area contributed by atoms with Gasteiger partial charge >= 0.3 is 0 Å². The number of nitrogens with one attached hydrogen (secondary N) is 1. The molecule has 2 aromatic carbocycles. The van der Waals surface area contributed by atoms with Gasteiger partial charge in [0.05, 0.1) is 26.2 Å². The monoisotopic (exact) mass is 531 g/mol. The molecule has 2 aromatic rings. The third kappa shape index (κ3) is 7.38. The topological polar surface area (TPSA) is 105 Å². The van der Waals surface area contributed by atoms with Gasteiger partial charge in [0.1, 0.15) is 12.6 Å². The van der Waals surface area contributed by atoms with Crippen molar-refractivity contribution in [3.05, 3.63) is 54.1 Å². The molecule has 0 unspecified atom stereocenters. The summed E-state index contributed by atoms with van der Waals surface area (Å²) in [5, 5.41) is 3.10. The summed E-state index contributed by atoms with van der Waals surface area (Å²) in [5.41, 5.74) is 1.11. The van der Waals surface area contributed by atoms with E-state index in [1.54, 1.807) is 12.1 Å². The Bertz CT molecular complexity index is 1170. The first-order valence-electron chi connectivity index (χ1n) is 12.5. The minimum absolute atomic E-state index is 0.106. The van der Waals surface area contributed by atoms with Gasteiger partial charge in [-0.05, 0) is 37.0 Å². The van der Waals surface area contributed by atoms with E-state index in [4.69, 9.17) is 9.47 Å². The highest BCUT2D eigenvalue weighted by molar-refractivity contribution is 7.92. The Morgan fingerprint density at radius 3 is 2.24 bits per heavy atom. The maximum atomic E-state index is 13.8. The summed E-state index contributed by atoms with van der Waals surface area (Å²) in [6.45, 7) is 1.57. The molecular formula is C27H37N3O6S. The van der Waals surface area contributed by atoms with Crippen LogP contribution in [0.15, 0.2) is 48.5 Å². The fourth-order valence-electron chi connectivity index (χ4n) is 4.66. The van der Waals surface area contributed by atoms with Gasteiger partial charge in [-0.25, -0.2) is 8.42 Å². The van der Waals surface area contributed by atoms with E-state index in [0.717, 1.165) is 41.8 Å². The van der Waals surface area contributed by atoms with Crippen LogP contribution in [0.2, 0.25) is 0 Å². The SMILES string of the molecule is CC[C@@H](C(=O)NC1CCCC1)N(Cc1ccccc1)C(=O)CN(c1ccc(OC)c(OC)c1)S(C)(=O)=O. The number of nitrogens with zero attached hydrogens (tertiary/aromatic N) is 2. The van der Waals surface area contributed by atoms with Gasteiger partial charge in [-0.2, -0.15) is 0 Å². The predicted octanol–water partition coefficient (Wildman–Crippen LogP) is 3.34. The van der Waals surface area contributed by atoms with Crippen molar-refractivity contribution in [2.45, 2.75) is 57.7 Å². The number of sulfonamides is 1. The zero-order chi connectivity index (χ0) is 27.0. The van der Waals surface area contributed by atoms with Crippen molar-refractivity contribution < 1.29 is 27.5 Å². The minimum Gasteiger partial charge on any atom is -0.493 e. The quantitative estimate of drug-likeness (QED) is 0.451. The van der Waals surface area contributed by atoms with Gasteiger partial charge in [0, 0.05) is 18.7 Å². The lowest BCUT2D eigenvalue weighted by molar-refractivity contribution is -0.140. The molecule has 1 fully saturated rings. The van der Waals surface area contributed by atoms with Crippen LogP contribution in [0.4, 0.5) is 5.69 Å². The van der Waals surface area contributed by atoms with Crippen LogP contribution in [0.3, 0.4) is 0 Å². The van der Waals surface area contributed by atoms with E-state index in [1.165, 1.54) is 25.2 Å². The molecule has 0 saturated heterocycles. The molecule has 0 heterocycles.